The molecule has 0 aliphatic heterocycles. The van der Waals surface area contributed by atoms with Crippen LogP contribution in [-0.2, 0) is 4.74 Å². The molecule has 2 aromatic carbocycles. The van der Waals surface area contributed by atoms with Crippen LogP contribution in [0.4, 0.5) is 5.69 Å². The average molecular weight is 489 g/mol. The van der Waals surface area contributed by atoms with E-state index in [9.17, 15) is 9.59 Å². The predicted octanol–water partition coefficient (Wildman–Crippen LogP) is 4.58. The van der Waals surface area contributed by atoms with Crippen molar-refractivity contribution in [2.75, 3.05) is 11.9 Å². The molecule has 1 atom stereocenters. The molecule has 1 unspecified atom stereocenters. The molecular weight excluding hydrogens is 469 g/mol. The normalized spacial score (nSPS) is 11.9. The van der Waals surface area contributed by atoms with E-state index < -0.39 is 21.8 Å². The van der Waals surface area contributed by atoms with Gasteiger partial charge in [-0.3, -0.25) is 4.79 Å². The summed E-state index contributed by atoms with van der Waals surface area (Å²) in [5, 5.41) is 8.26. The molecule has 0 aliphatic rings. The summed E-state index contributed by atoms with van der Waals surface area (Å²) in [6.45, 7) is 3.85. The van der Waals surface area contributed by atoms with Gasteiger partial charge >= 0.3 is 5.97 Å². The Kier molecular flexibility index (Phi) is 8.73. The molecule has 0 saturated carbocycles. The van der Waals surface area contributed by atoms with Gasteiger partial charge in [0.2, 0.25) is 3.79 Å². The fourth-order valence-corrected chi connectivity index (χ4v) is 2.94. The van der Waals surface area contributed by atoms with Crippen molar-refractivity contribution in [1.29, 1.82) is 0 Å². The number of alkyl halides is 3. The molecule has 6 nitrogen and oxygen atoms in total. The summed E-state index contributed by atoms with van der Waals surface area (Å²) in [7, 11) is 0. The number of carbonyl (C=O) groups is 2. The van der Waals surface area contributed by atoms with Crippen LogP contribution < -0.4 is 16.0 Å². The number of carbonyl (C=O) groups excluding carboxylic acids is 2. The quantitative estimate of drug-likeness (QED) is 0.239. The van der Waals surface area contributed by atoms with E-state index in [1.54, 1.807) is 55.5 Å². The monoisotopic (exact) mass is 487 g/mol. The number of para-hydroxylation sites is 1. The number of hydrogen-bond acceptors (Lipinski definition) is 4. The van der Waals surface area contributed by atoms with Crippen molar-refractivity contribution in [2.24, 2.45) is 0 Å². The lowest BCUT2D eigenvalue weighted by Crippen LogP contribution is -2.56. The van der Waals surface area contributed by atoms with Crippen LogP contribution in [0.15, 0.2) is 48.5 Å². The first-order valence-electron chi connectivity index (χ1n) is 8.89. The Morgan fingerprint density at radius 1 is 1.07 bits per heavy atom. The summed E-state index contributed by atoms with van der Waals surface area (Å²) < 4.78 is 3.12. The minimum Gasteiger partial charge on any atom is -0.462 e. The van der Waals surface area contributed by atoms with E-state index in [0.717, 1.165) is 5.56 Å². The minimum absolute atomic E-state index is 0.0345. The van der Waals surface area contributed by atoms with Gasteiger partial charge in [0.15, 0.2) is 5.11 Å². The summed E-state index contributed by atoms with van der Waals surface area (Å²) in [5.41, 5.74) is 2.10. The van der Waals surface area contributed by atoms with Gasteiger partial charge in [-0.2, -0.15) is 0 Å². The van der Waals surface area contributed by atoms with E-state index in [1.165, 1.54) is 0 Å². The molecule has 3 N–H and O–H groups in total. The summed E-state index contributed by atoms with van der Waals surface area (Å²) in [4.78, 5) is 24.6. The molecule has 160 valence electrons. The molecule has 0 saturated heterocycles. The number of benzene rings is 2. The second kappa shape index (κ2) is 10.8. The number of aryl methyl sites for hydroxylation is 1. The Hall–Kier alpha value is -2.06. The predicted molar refractivity (Wildman–Crippen MR) is 124 cm³/mol. The number of nitrogens with one attached hydrogen (secondary N) is 3. The molecule has 0 aromatic heterocycles. The smallest absolute Gasteiger partial charge is 0.340 e. The molecule has 0 radical (unpaired) electrons. The maximum absolute atomic E-state index is 12.5. The Morgan fingerprint density at radius 3 is 2.30 bits per heavy atom. The maximum atomic E-state index is 12.5. The first-order valence-corrected chi connectivity index (χ1v) is 10.4. The van der Waals surface area contributed by atoms with E-state index in [2.05, 4.69) is 16.0 Å². The van der Waals surface area contributed by atoms with Gasteiger partial charge in [0, 0.05) is 5.56 Å². The van der Waals surface area contributed by atoms with Gasteiger partial charge in [-0.05, 0) is 50.3 Å². The number of esters is 1. The van der Waals surface area contributed by atoms with Crippen molar-refractivity contribution in [3.63, 3.8) is 0 Å². The third-order valence-electron chi connectivity index (χ3n) is 3.86. The van der Waals surface area contributed by atoms with E-state index in [1.807, 2.05) is 6.92 Å². The van der Waals surface area contributed by atoms with E-state index in [4.69, 9.17) is 51.8 Å². The highest BCUT2D eigenvalue weighted by molar-refractivity contribution is 7.80. The summed E-state index contributed by atoms with van der Waals surface area (Å²) in [6, 6.07) is 13.6. The van der Waals surface area contributed by atoms with Gasteiger partial charge in [-0.15, -0.1) is 0 Å². The van der Waals surface area contributed by atoms with Crippen molar-refractivity contribution in [3.05, 3.63) is 65.2 Å². The van der Waals surface area contributed by atoms with Crippen LogP contribution in [-0.4, -0.2) is 33.6 Å². The highest BCUT2D eigenvalue weighted by Gasteiger charge is 2.35. The highest BCUT2D eigenvalue weighted by atomic mass is 35.6. The van der Waals surface area contributed by atoms with Gasteiger partial charge in [0.25, 0.3) is 5.91 Å². The Balaban J connectivity index is 2.12. The van der Waals surface area contributed by atoms with Gasteiger partial charge in [-0.1, -0.05) is 64.6 Å². The van der Waals surface area contributed by atoms with E-state index in [-0.39, 0.29) is 17.3 Å². The summed E-state index contributed by atoms with van der Waals surface area (Å²) >= 11 is 23.3. The van der Waals surface area contributed by atoms with Crippen LogP contribution in [0.5, 0.6) is 0 Å². The van der Waals surface area contributed by atoms with E-state index in [0.29, 0.717) is 11.3 Å². The van der Waals surface area contributed by atoms with Crippen LogP contribution in [0.3, 0.4) is 0 Å². The number of rotatable bonds is 6. The second-order valence-electron chi connectivity index (χ2n) is 6.18. The highest BCUT2D eigenvalue weighted by Crippen LogP contribution is 2.29. The molecule has 2 rings (SSSR count). The zero-order chi connectivity index (χ0) is 22.3. The third kappa shape index (κ3) is 7.02. The Labute approximate surface area is 195 Å². The van der Waals surface area contributed by atoms with Crippen LogP contribution >= 0.6 is 47.0 Å². The van der Waals surface area contributed by atoms with Crippen molar-refractivity contribution in [3.8, 4) is 0 Å². The number of anilines is 1. The Bertz CT molecular complexity index is 918. The third-order valence-corrected chi connectivity index (χ3v) is 4.74. The number of halogens is 3. The number of thiocarbonyl (C=S) groups is 1. The molecule has 0 bridgehead atoms. The molecular formula is C20H20Cl3N3O3S. The van der Waals surface area contributed by atoms with Crippen LogP contribution in [0.2, 0.25) is 0 Å². The van der Waals surface area contributed by atoms with Gasteiger partial charge in [-0.25, -0.2) is 4.79 Å². The van der Waals surface area contributed by atoms with Crippen molar-refractivity contribution in [1.82, 2.24) is 10.6 Å². The fraction of sp³-hybridized carbons (Fsp3) is 0.250. The Morgan fingerprint density at radius 2 is 1.70 bits per heavy atom. The SMILES string of the molecule is CCOC(=O)c1ccccc1NC(=S)NC(NC(=O)c1ccc(C)cc1)C(Cl)(Cl)Cl. The number of ether oxygens (including phenoxy) is 1. The first-order chi connectivity index (χ1) is 14.1. The number of amides is 1. The van der Waals surface area contributed by atoms with Crippen LogP contribution in [0, 0.1) is 6.92 Å². The topological polar surface area (TPSA) is 79.5 Å². The molecule has 10 heteroatoms. The second-order valence-corrected chi connectivity index (χ2v) is 8.96. The van der Waals surface area contributed by atoms with Crippen molar-refractivity contribution in [2.45, 2.75) is 23.8 Å². The lowest BCUT2D eigenvalue weighted by molar-refractivity contribution is 0.0527. The lowest BCUT2D eigenvalue weighted by atomic mass is 10.1. The van der Waals surface area contributed by atoms with Crippen molar-refractivity contribution >= 4 is 69.7 Å². The van der Waals surface area contributed by atoms with Gasteiger partial charge in [0.05, 0.1) is 17.9 Å². The van der Waals surface area contributed by atoms with Crippen molar-refractivity contribution < 1.29 is 14.3 Å². The molecule has 2 aromatic rings. The molecule has 30 heavy (non-hydrogen) atoms. The molecule has 0 fully saturated rings. The fourth-order valence-electron chi connectivity index (χ4n) is 2.39. The molecule has 0 spiro atoms. The summed E-state index contributed by atoms with van der Waals surface area (Å²) in [6.07, 6.45) is -1.15. The zero-order valence-electron chi connectivity index (χ0n) is 16.2. The zero-order valence-corrected chi connectivity index (χ0v) is 19.3. The molecule has 0 aliphatic carbocycles. The van der Waals surface area contributed by atoms with Crippen LogP contribution in [0.25, 0.3) is 0 Å². The maximum Gasteiger partial charge on any atom is 0.340 e. The standard InChI is InChI=1S/C20H20Cl3N3O3S/c1-3-29-17(28)14-6-4-5-7-15(14)24-19(30)26-18(20(21,22)23)25-16(27)13-10-8-12(2)9-11-13/h4-11,18H,3H2,1-2H3,(H,25,27)(H2,24,26,30). The van der Waals surface area contributed by atoms with Gasteiger partial charge < -0.3 is 20.7 Å². The summed E-state index contributed by atoms with van der Waals surface area (Å²) in [5.74, 6) is -0.956. The molecule has 1 amide bonds. The minimum atomic E-state index is -1.91. The largest absolute Gasteiger partial charge is 0.462 e. The first kappa shape index (κ1) is 24.2. The lowest BCUT2D eigenvalue weighted by Gasteiger charge is -2.28. The van der Waals surface area contributed by atoms with Gasteiger partial charge in [0.1, 0.15) is 6.17 Å². The average Bonchev–Trinajstić information content (AvgIpc) is 2.67. The van der Waals surface area contributed by atoms with E-state index >= 15 is 0 Å². The van der Waals surface area contributed by atoms with Crippen LogP contribution in [0.1, 0.15) is 33.2 Å². The molecule has 0 heterocycles. The number of hydrogen-bond donors (Lipinski definition) is 3.